The molecule has 0 atom stereocenters. The summed E-state index contributed by atoms with van der Waals surface area (Å²) >= 11 is 1.20. The van der Waals surface area contributed by atoms with Crippen LogP contribution in [0, 0.1) is 0 Å². The molecule has 5 heteroatoms. The van der Waals surface area contributed by atoms with Gasteiger partial charge >= 0.3 is 0 Å². The van der Waals surface area contributed by atoms with E-state index in [2.05, 4.69) is 20.0 Å². The van der Waals surface area contributed by atoms with Crippen molar-refractivity contribution in [2.45, 2.75) is 97.2 Å². The van der Waals surface area contributed by atoms with Crippen LogP contribution in [-0.4, -0.2) is 31.6 Å². The molecular formula is C19H38O3SSi. The van der Waals surface area contributed by atoms with Crippen LogP contribution < -0.4 is 0 Å². The van der Waals surface area contributed by atoms with Crippen LogP contribution >= 0.6 is 11.8 Å². The molecule has 0 saturated carbocycles. The minimum absolute atomic E-state index is 0.188. The van der Waals surface area contributed by atoms with Gasteiger partial charge in [0.2, 0.25) is 5.78 Å². The number of Topliss-reactive ketones (excluding diaryl/α,β-unsaturated/α-hetero) is 1. The molecule has 0 fully saturated rings. The van der Waals surface area contributed by atoms with Crippen LogP contribution in [0.25, 0.3) is 0 Å². The summed E-state index contributed by atoms with van der Waals surface area (Å²) in [7, 11) is -1.55. The van der Waals surface area contributed by atoms with E-state index in [9.17, 15) is 9.59 Å². The number of carbonyl (C=O) groups is 2. The molecule has 24 heavy (non-hydrogen) atoms. The third-order valence-electron chi connectivity index (χ3n) is 4.18. The number of hydrogen-bond donors (Lipinski definition) is 0. The topological polar surface area (TPSA) is 43.4 Å². The van der Waals surface area contributed by atoms with Gasteiger partial charge in [-0.3, -0.25) is 9.59 Å². The van der Waals surface area contributed by atoms with Crippen LogP contribution in [0.4, 0.5) is 0 Å². The first-order chi connectivity index (χ1) is 11.4. The molecule has 0 saturated heterocycles. The molecule has 0 aromatic carbocycles. The van der Waals surface area contributed by atoms with Crippen molar-refractivity contribution in [3.05, 3.63) is 0 Å². The molecule has 0 N–H and O–H groups in total. The van der Waals surface area contributed by atoms with Gasteiger partial charge in [-0.1, -0.05) is 63.6 Å². The van der Waals surface area contributed by atoms with Gasteiger partial charge in [0.25, 0.3) is 5.12 Å². The monoisotopic (exact) mass is 374 g/mol. The van der Waals surface area contributed by atoms with Gasteiger partial charge in [0, 0.05) is 18.8 Å². The van der Waals surface area contributed by atoms with Crippen LogP contribution in [0.2, 0.25) is 19.1 Å². The third-order valence-corrected chi connectivity index (χ3v) is 7.79. The fraction of sp³-hybridized carbons (Fsp3) is 0.895. The molecule has 142 valence electrons. The molecule has 0 amide bonds. The highest BCUT2D eigenvalue weighted by Gasteiger charge is 2.21. The van der Waals surface area contributed by atoms with E-state index < -0.39 is 8.32 Å². The normalized spacial score (nSPS) is 11.7. The average Bonchev–Trinajstić information content (AvgIpc) is 2.53. The number of ketones is 1. The van der Waals surface area contributed by atoms with Crippen molar-refractivity contribution in [3.63, 3.8) is 0 Å². The van der Waals surface area contributed by atoms with Gasteiger partial charge in [-0.15, -0.1) is 0 Å². The molecule has 0 aliphatic carbocycles. The molecule has 0 bridgehead atoms. The maximum atomic E-state index is 11.8. The number of carbonyl (C=O) groups excluding carboxylic acids is 2. The number of thioether (sulfide) groups is 1. The van der Waals surface area contributed by atoms with E-state index in [-0.39, 0.29) is 10.9 Å². The Morgan fingerprint density at radius 1 is 0.875 bits per heavy atom. The molecule has 0 unspecified atom stereocenters. The van der Waals surface area contributed by atoms with Gasteiger partial charge in [-0.25, -0.2) is 0 Å². The molecule has 0 heterocycles. The lowest BCUT2D eigenvalue weighted by Gasteiger charge is -2.21. The maximum absolute atomic E-state index is 11.8. The van der Waals surface area contributed by atoms with Crippen molar-refractivity contribution in [3.8, 4) is 0 Å². The van der Waals surface area contributed by atoms with Crippen LogP contribution in [-0.2, 0) is 14.0 Å². The summed E-state index contributed by atoms with van der Waals surface area (Å²) in [6, 6.07) is 1.05. The first-order valence-electron chi connectivity index (χ1n) is 9.77. The Morgan fingerprint density at radius 3 is 2.04 bits per heavy atom. The minimum atomic E-state index is -1.55. The predicted octanol–water partition coefficient (Wildman–Crippen LogP) is 5.98. The Morgan fingerprint density at radius 2 is 1.46 bits per heavy atom. The van der Waals surface area contributed by atoms with Gasteiger partial charge in [-0.2, -0.15) is 0 Å². The van der Waals surface area contributed by atoms with Gasteiger partial charge in [0.1, 0.15) is 0 Å². The highest BCUT2D eigenvalue weighted by atomic mass is 32.2. The second-order valence-electron chi connectivity index (χ2n) is 7.08. The van der Waals surface area contributed by atoms with Crippen molar-refractivity contribution in [2.24, 2.45) is 0 Å². The quantitative estimate of drug-likeness (QED) is 0.189. The zero-order valence-electron chi connectivity index (χ0n) is 16.3. The number of unbranched alkanes of at least 4 members (excludes halogenated alkanes) is 7. The van der Waals surface area contributed by atoms with Crippen molar-refractivity contribution in [2.75, 3.05) is 12.4 Å². The Kier molecular flexibility index (Phi) is 15.1. The van der Waals surface area contributed by atoms with Crippen molar-refractivity contribution >= 4 is 31.0 Å². The largest absolute Gasteiger partial charge is 0.418 e. The molecule has 0 aliphatic rings. The van der Waals surface area contributed by atoms with Gasteiger partial charge in [-0.05, 0) is 38.9 Å². The first-order valence-corrected chi connectivity index (χ1v) is 13.9. The Bertz CT molecular complexity index is 346. The smallest absolute Gasteiger partial charge is 0.254 e. The minimum Gasteiger partial charge on any atom is -0.418 e. The maximum Gasteiger partial charge on any atom is 0.254 e. The molecule has 0 aliphatic heterocycles. The number of rotatable bonds is 16. The summed E-state index contributed by atoms with van der Waals surface area (Å²) in [5.74, 6) is 0.554. The lowest BCUT2D eigenvalue weighted by Crippen LogP contribution is -2.30. The van der Waals surface area contributed by atoms with Gasteiger partial charge < -0.3 is 4.43 Å². The summed E-state index contributed by atoms with van der Waals surface area (Å²) in [4.78, 5) is 23.6. The fourth-order valence-electron chi connectivity index (χ4n) is 2.73. The summed E-state index contributed by atoms with van der Waals surface area (Å²) in [6.07, 6.45) is 11.0. The van der Waals surface area contributed by atoms with Crippen LogP contribution in [0.5, 0.6) is 0 Å². The van der Waals surface area contributed by atoms with E-state index in [0.29, 0.717) is 6.42 Å². The van der Waals surface area contributed by atoms with Crippen LogP contribution in [0.3, 0.4) is 0 Å². The highest BCUT2D eigenvalue weighted by molar-refractivity contribution is 8.15. The SMILES string of the molecule is CCCCCCCCCCC(=O)C(=O)SCCC[Si](C)(C)OCC. The summed E-state index contributed by atoms with van der Waals surface area (Å²) in [5.41, 5.74) is 0. The second kappa shape index (κ2) is 15.1. The third kappa shape index (κ3) is 14.2. The average molecular weight is 375 g/mol. The lowest BCUT2D eigenvalue weighted by atomic mass is 10.1. The molecule has 0 radical (unpaired) electrons. The zero-order valence-corrected chi connectivity index (χ0v) is 18.1. The molecule has 0 spiro atoms. The molecule has 0 aromatic heterocycles. The predicted molar refractivity (Wildman–Crippen MR) is 108 cm³/mol. The van der Waals surface area contributed by atoms with Crippen molar-refractivity contribution in [1.82, 2.24) is 0 Å². The van der Waals surface area contributed by atoms with Crippen LogP contribution in [0.15, 0.2) is 0 Å². The van der Waals surface area contributed by atoms with Crippen LogP contribution in [0.1, 0.15) is 78.1 Å². The second-order valence-corrected chi connectivity index (χ2v) is 12.5. The van der Waals surface area contributed by atoms with Crippen molar-refractivity contribution < 1.29 is 14.0 Å². The first kappa shape index (κ1) is 23.9. The van der Waals surface area contributed by atoms with Gasteiger partial charge in [0.15, 0.2) is 8.32 Å². The van der Waals surface area contributed by atoms with E-state index >= 15 is 0 Å². The standard InChI is InChI=1S/C19H38O3SSi/c1-5-7-8-9-10-11-12-13-15-18(20)19(21)23-16-14-17-24(3,4)22-6-2/h5-17H2,1-4H3. The van der Waals surface area contributed by atoms with E-state index in [4.69, 9.17) is 4.43 Å². The summed E-state index contributed by atoms with van der Waals surface area (Å²) in [5, 5.41) is -0.242. The van der Waals surface area contributed by atoms with E-state index in [0.717, 1.165) is 37.7 Å². The van der Waals surface area contributed by atoms with E-state index in [1.165, 1.54) is 50.3 Å². The molecule has 0 aromatic rings. The Hall–Kier alpha value is -0.133. The molecule has 3 nitrogen and oxygen atoms in total. The Balaban J connectivity index is 3.58. The lowest BCUT2D eigenvalue weighted by molar-refractivity contribution is -0.131. The highest BCUT2D eigenvalue weighted by Crippen LogP contribution is 2.17. The summed E-state index contributed by atoms with van der Waals surface area (Å²) < 4.78 is 5.77. The zero-order chi connectivity index (χ0) is 18.3. The van der Waals surface area contributed by atoms with Gasteiger partial charge in [0.05, 0.1) is 0 Å². The van der Waals surface area contributed by atoms with E-state index in [1.54, 1.807) is 0 Å². The molecule has 0 rings (SSSR count). The van der Waals surface area contributed by atoms with Crippen molar-refractivity contribution in [1.29, 1.82) is 0 Å². The number of hydrogen-bond acceptors (Lipinski definition) is 4. The molecular weight excluding hydrogens is 336 g/mol. The fourth-order valence-corrected chi connectivity index (χ4v) is 5.68. The van der Waals surface area contributed by atoms with E-state index in [1.807, 2.05) is 6.92 Å². The Labute approximate surface area is 154 Å². The summed E-state index contributed by atoms with van der Waals surface area (Å²) in [6.45, 7) is 9.43.